The van der Waals surface area contributed by atoms with E-state index in [1.54, 1.807) is 28.8 Å². The minimum absolute atomic E-state index is 0.0313. The molecule has 3 rings (SSSR count). The Morgan fingerprint density at radius 2 is 2.22 bits per heavy atom. The number of carbonyl (C=O) groups is 2. The van der Waals surface area contributed by atoms with Gasteiger partial charge in [0.2, 0.25) is 5.91 Å². The lowest BCUT2D eigenvalue weighted by Gasteiger charge is -2.23. The molecule has 1 saturated heterocycles. The third-order valence-electron chi connectivity index (χ3n) is 4.10. The first-order valence-corrected chi connectivity index (χ1v) is 9.23. The van der Waals surface area contributed by atoms with Crippen molar-refractivity contribution in [2.75, 3.05) is 24.8 Å². The van der Waals surface area contributed by atoms with Crippen molar-refractivity contribution in [2.45, 2.75) is 25.8 Å². The lowest BCUT2D eigenvalue weighted by atomic mass is 10.1. The molecule has 2 amide bonds. The Morgan fingerprint density at radius 1 is 1.39 bits per heavy atom. The second-order valence-electron chi connectivity index (χ2n) is 5.94. The molecule has 6 heteroatoms. The molecular weight excluding hydrogens is 312 g/mol. The molecule has 1 aliphatic heterocycles. The maximum Gasteiger partial charge on any atom is 0.255 e. The number of rotatable bonds is 6. The summed E-state index contributed by atoms with van der Waals surface area (Å²) in [6.45, 7) is 3.21. The molecule has 1 aliphatic carbocycles. The van der Waals surface area contributed by atoms with E-state index in [0.29, 0.717) is 35.5 Å². The summed E-state index contributed by atoms with van der Waals surface area (Å²) in [6, 6.07) is 6.78. The van der Waals surface area contributed by atoms with Gasteiger partial charge in [-0.25, -0.2) is 0 Å². The average molecular weight is 334 g/mol. The summed E-state index contributed by atoms with van der Waals surface area (Å²) in [6.07, 6.45) is 2.40. The van der Waals surface area contributed by atoms with Crippen LogP contribution in [-0.2, 0) is 4.79 Å². The van der Waals surface area contributed by atoms with Gasteiger partial charge in [-0.15, -0.1) is 11.8 Å². The van der Waals surface area contributed by atoms with Crippen LogP contribution >= 0.6 is 11.8 Å². The molecule has 2 fully saturated rings. The Balaban J connectivity index is 1.67. The number of ether oxygens (including phenoxy) is 1. The van der Waals surface area contributed by atoms with Gasteiger partial charge in [0, 0.05) is 17.9 Å². The first kappa shape index (κ1) is 16.2. The van der Waals surface area contributed by atoms with Crippen LogP contribution in [0.4, 0.5) is 0 Å². The zero-order chi connectivity index (χ0) is 16.2. The summed E-state index contributed by atoms with van der Waals surface area (Å²) in [5.74, 6) is 2.39. The average Bonchev–Trinajstić information content (AvgIpc) is 3.26. The van der Waals surface area contributed by atoms with Crippen molar-refractivity contribution in [3.63, 3.8) is 0 Å². The normalized spacial score (nSPS) is 20.4. The van der Waals surface area contributed by atoms with E-state index in [1.165, 1.54) is 12.8 Å². The van der Waals surface area contributed by atoms with Crippen LogP contribution in [0.25, 0.3) is 0 Å². The van der Waals surface area contributed by atoms with Gasteiger partial charge < -0.3 is 15.0 Å². The number of nitrogens with one attached hydrogen (secondary N) is 1. The van der Waals surface area contributed by atoms with Gasteiger partial charge in [-0.3, -0.25) is 9.59 Å². The fraction of sp³-hybridized carbons (Fsp3) is 0.529. The topological polar surface area (TPSA) is 58.6 Å². The number of amides is 2. The maximum atomic E-state index is 12.7. The summed E-state index contributed by atoms with van der Waals surface area (Å²) in [5, 5.41) is 2.98. The molecule has 1 atom stereocenters. The third kappa shape index (κ3) is 3.99. The van der Waals surface area contributed by atoms with E-state index in [2.05, 4.69) is 5.32 Å². The highest BCUT2D eigenvalue weighted by Crippen LogP contribution is 2.28. The lowest BCUT2D eigenvalue weighted by Crippen LogP contribution is -2.47. The highest BCUT2D eigenvalue weighted by Gasteiger charge is 2.35. The summed E-state index contributed by atoms with van der Waals surface area (Å²) >= 11 is 1.62. The van der Waals surface area contributed by atoms with Crippen molar-refractivity contribution in [1.82, 2.24) is 10.2 Å². The van der Waals surface area contributed by atoms with Crippen LogP contribution in [0.15, 0.2) is 24.3 Å². The first-order chi connectivity index (χ1) is 11.2. The second kappa shape index (κ2) is 7.25. The van der Waals surface area contributed by atoms with Gasteiger partial charge in [0.15, 0.2) is 0 Å². The molecule has 1 aromatic rings. The summed E-state index contributed by atoms with van der Waals surface area (Å²) < 4.78 is 5.45. The van der Waals surface area contributed by atoms with Gasteiger partial charge in [-0.05, 0) is 43.9 Å². The molecule has 5 nitrogen and oxygen atoms in total. The quantitative estimate of drug-likeness (QED) is 0.866. The van der Waals surface area contributed by atoms with E-state index in [0.717, 1.165) is 6.54 Å². The summed E-state index contributed by atoms with van der Waals surface area (Å²) in [4.78, 5) is 26.8. The fourth-order valence-electron chi connectivity index (χ4n) is 2.60. The molecule has 124 valence electrons. The summed E-state index contributed by atoms with van der Waals surface area (Å²) in [5.41, 5.74) is 0.568. The first-order valence-electron chi connectivity index (χ1n) is 8.08. The van der Waals surface area contributed by atoms with Gasteiger partial charge in [0.1, 0.15) is 11.8 Å². The van der Waals surface area contributed by atoms with Crippen molar-refractivity contribution >= 4 is 23.6 Å². The van der Waals surface area contributed by atoms with Gasteiger partial charge in [0.25, 0.3) is 5.91 Å². The van der Waals surface area contributed by atoms with E-state index < -0.39 is 0 Å². The third-order valence-corrected chi connectivity index (χ3v) is 5.11. The smallest absolute Gasteiger partial charge is 0.255 e. The Morgan fingerprint density at radius 3 is 2.96 bits per heavy atom. The molecule has 0 aromatic heterocycles. The van der Waals surface area contributed by atoms with E-state index in [9.17, 15) is 9.59 Å². The number of benzene rings is 1. The molecule has 23 heavy (non-hydrogen) atoms. The van der Waals surface area contributed by atoms with E-state index in [1.807, 2.05) is 19.1 Å². The van der Waals surface area contributed by atoms with Crippen molar-refractivity contribution in [1.29, 1.82) is 0 Å². The monoisotopic (exact) mass is 334 g/mol. The van der Waals surface area contributed by atoms with Gasteiger partial charge >= 0.3 is 0 Å². The zero-order valence-electron chi connectivity index (χ0n) is 13.3. The maximum absolute atomic E-state index is 12.7. The van der Waals surface area contributed by atoms with Crippen LogP contribution in [-0.4, -0.2) is 47.5 Å². The predicted molar refractivity (Wildman–Crippen MR) is 90.6 cm³/mol. The molecule has 0 bridgehead atoms. The van der Waals surface area contributed by atoms with Gasteiger partial charge in [-0.1, -0.05) is 6.07 Å². The van der Waals surface area contributed by atoms with Crippen molar-refractivity contribution in [3.05, 3.63) is 29.8 Å². The van der Waals surface area contributed by atoms with Crippen molar-refractivity contribution < 1.29 is 14.3 Å². The fourth-order valence-corrected chi connectivity index (χ4v) is 3.75. The Hall–Kier alpha value is -1.69. The van der Waals surface area contributed by atoms with Crippen LogP contribution in [0.5, 0.6) is 5.75 Å². The molecular formula is C17H22N2O3S. The number of nitrogens with zero attached hydrogens (tertiary/aromatic N) is 1. The highest BCUT2D eigenvalue weighted by atomic mass is 32.2. The van der Waals surface area contributed by atoms with E-state index in [-0.39, 0.29) is 17.9 Å². The van der Waals surface area contributed by atoms with Crippen molar-refractivity contribution in [2.24, 2.45) is 5.92 Å². The molecule has 0 spiro atoms. The largest absolute Gasteiger partial charge is 0.494 e. The van der Waals surface area contributed by atoms with Crippen LogP contribution in [0.2, 0.25) is 0 Å². The molecule has 1 saturated carbocycles. The lowest BCUT2D eigenvalue weighted by molar-refractivity contribution is -0.124. The minimum Gasteiger partial charge on any atom is -0.494 e. The molecule has 1 aromatic carbocycles. The van der Waals surface area contributed by atoms with Gasteiger partial charge in [-0.2, -0.15) is 0 Å². The summed E-state index contributed by atoms with van der Waals surface area (Å²) in [7, 11) is 0. The van der Waals surface area contributed by atoms with E-state index in [4.69, 9.17) is 4.74 Å². The van der Waals surface area contributed by atoms with Gasteiger partial charge in [0.05, 0.1) is 12.5 Å². The standard InChI is InChI=1S/C17H22N2O3S/c1-2-22-14-5-3-4-13(8-14)17(21)19-11-23-10-15(19)16(20)18-9-12-6-7-12/h3-5,8,12,15H,2,6-7,9-11H2,1H3,(H,18,20). The van der Waals surface area contributed by atoms with Crippen LogP contribution in [0, 0.1) is 5.92 Å². The molecule has 1 unspecified atom stereocenters. The van der Waals surface area contributed by atoms with Crippen molar-refractivity contribution in [3.8, 4) is 5.75 Å². The highest BCUT2D eigenvalue weighted by molar-refractivity contribution is 7.99. The molecule has 2 aliphatic rings. The number of hydrogen-bond acceptors (Lipinski definition) is 4. The molecule has 1 N–H and O–H groups in total. The van der Waals surface area contributed by atoms with Crippen LogP contribution < -0.4 is 10.1 Å². The number of carbonyl (C=O) groups excluding carboxylic acids is 2. The molecule has 0 radical (unpaired) electrons. The SMILES string of the molecule is CCOc1cccc(C(=O)N2CSCC2C(=O)NCC2CC2)c1. The van der Waals surface area contributed by atoms with Crippen LogP contribution in [0.1, 0.15) is 30.1 Å². The van der Waals surface area contributed by atoms with Crippen LogP contribution in [0.3, 0.4) is 0 Å². The predicted octanol–water partition coefficient (Wildman–Crippen LogP) is 2.13. The number of thioether (sulfide) groups is 1. The van der Waals surface area contributed by atoms with E-state index >= 15 is 0 Å². The minimum atomic E-state index is -0.373. The number of hydrogen-bond donors (Lipinski definition) is 1. The molecule has 1 heterocycles. The Labute approximate surface area is 140 Å². The second-order valence-corrected chi connectivity index (χ2v) is 6.94. The zero-order valence-corrected chi connectivity index (χ0v) is 14.1. The Kier molecular flexibility index (Phi) is 5.10. The Bertz CT molecular complexity index is 589.